The zero-order chi connectivity index (χ0) is 19.8. The molecule has 0 N–H and O–H groups in total. The first-order valence-corrected chi connectivity index (χ1v) is 12.8. The molecule has 0 aliphatic rings. The smallest absolute Gasteiger partial charge is 0.123 e. The van der Waals surface area contributed by atoms with Gasteiger partial charge in [-0.1, -0.05) is 142 Å². The number of unbranched alkanes of at least 4 members (excludes halogenated alkanes) is 18. The highest BCUT2D eigenvalue weighted by atomic mass is 16.1. The Labute approximate surface area is 172 Å². The Morgan fingerprint density at radius 3 is 0.963 bits per heavy atom. The lowest BCUT2D eigenvalue weighted by Crippen LogP contribution is -2.02. The van der Waals surface area contributed by atoms with Crippen LogP contribution in [-0.2, 0) is 4.79 Å². The Kier molecular flexibility index (Phi) is 23.4. The topological polar surface area (TPSA) is 17.1 Å². The van der Waals surface area contributed by atoms with Gasteiger partial charge in [-0.05, 0) is 12.8 Å². The highest BCUT2D eigenvalue weighted by Gasteiger charge is 2.06. The summed E-state index contributed by atoms with van der Waals surface area (Å²) < 4.78 is 0. The van der Waals surface area contributed by atoms with E-state index in [-0.39, 0.29) is 0 Å². The van der Waals surface area contributed by atoms with Crippen molar-refractivity contribution in [3.63, 3.8) is 0 Å². The largest absolute Gasteiger partial charge is 0.303 e. The monoisotopic (exact) mass is 380 g/mol. The second-order valence-electron chi connectivity index (χ2n) is 8.84. The Morgan fingerprint density at radius 1 is 0.444 bits per heavy atom. The fourth-order valence-corrected chi connectivity index (χ4v) is 4.07. The summed E-state index contributed by atoms with van der Waals surface area (Å²) in [6.45, 7) is 4.56. The van der Waals surface area contributed by atoms with E-state index in [1.807, 2.05) is 0 Å². The molecule has 0 aliphatic carbocycles. The Bertz CT molecular complexity index is 273. The van der Waals surface area contributed by atoms with Crippen molar-refractivity contribution in [3.8, 4) is 0 Å². The first kappa shape index (κ1) is 26.7. The van der Waals surface area contributed by atoms with E-state index in [1.54, 1.807) is 0 Å². The molecule has 0 saturated heterocycles. The summed E-state index contributed by atoms with van der Waals surface area (Å²) in [5, 5.41) is 0. The number of rotatable bonds is 23. The molecule has 27 heavy (non-hydrogen) atoms. The molecule has 162 valence electrons. The van der Waals surface area contributed by atoms with Gasteiger partial charge in [-0.15, -0.1) is 0 Å². The van der Waals surface area contributed by atoms with Gasteiger partial charge in [-0.25, -0.2) is 0 Å². The molecule has 0 aromatic heterocycles. The van der Waals surface area contributed by atoms with Gasteiger partial charge >= 0.3 is 0 Å². The van der Waals surface area contributed by atoms with Crippen molar-refractivity contribution in [2.24, 2.45) is 5.92 Å². The summed E-state index contributed by atoms with van der Waals surface area (Å²) >= 11 is 0. The number of carbonyl (C=O) groups is 1. The van der Waals surface area contributed by atoms with Crippen molar-refractivity contribution in [1.29, 1.82) is 0 Å². The summed E-state index contributed by atoms with van der Waals surface area (Å²) in [7, 11) is 0. The molecular weight excluding hydrogens is 328 g/mol. The summed E-state index contributed by atoms with van der Waals surface area (Å²) in [4.78, 5) is 11.3. The van der Waals surface area contributed by atoms with E-state index >= 15 is 0 Å². The first-order chi connectivity index (χ1) is 13.3. The fourth-order valence-electron chi connectivity index (χ4n) is 4.07. The van der Waals surface area contributed by atoms with Gasteiger partial charge < -0.3 is 4.79 Å². The van der Waals surface area contributed by atoms with Crippen LogP contribution in [0.5, 0.6) is 0 Å². The van der Waals surface area contributed by atoms with Gasteiger partial charge in [-0.2, -0.15) is 0 Å². The molecule has 0 rings (SSSR count). The van der Waals surface area contributed by atoms with Gasteiger partial charge in [0.25, 0.3) is 0 Å². The van der Waals surface area contributed by atoms with Crippen molar-refractivity contribution in [1.82, 2.24) is 0 Å². The van der Waals surface area contributed by atoms with Gasteiger partial charge in [-0.3, -0.25) is 0 Å². The third-order valence-corrected chi connectivity index (χ3v) is 6.05. The van der Waals surface area contributed by atoms with E-state index in [0.29, 0.717) is 5.92 Å². The van der Waals surface area contributed by atoms with Crippen LogP contribution in [0, 0.1) is 5.92 Å². The van der Waals surface area contributed by atoms with Gasteiger partial charge in [0.05, 0.1) is 0 Å². The van der Waals surface area contributed by atoms with Crippen LogP contribution in [0.2, 0.25) is 0 Å². The molecule has 0 radical (unpaired) electrons. The maximum Gasteiger partial charge on any atom is 0.123 e. The lowest BCUT2D eigenvalue weighted by Gasteiger charge is -2.10. The molecule has 0 fully saturated rings. The standard InChI is InChI=1S/C26H52O/c1-3-5-7-9-11-13-14-15-16-18-20-22-24-26(25-27)23-21-19-17-12-10-8-6-4-2/h25-26H,3-24H2,1-2H3. The van der Waals surface area contributed by atoms with Gasteiger partial charge in [0.15, 0.2) is 0 Å². The van der Waals surface area contributed by atoms with E-state index in [2.05, 4.69) is 13.8 Å². The molecule has 1 atom stereocenters. The van der Waals surface area contributed by atoms with Crippen molar-refractivity contribution < 1.29 is 4.79 Å². The minimum atomic E-state index is 0.341. The summed E-state index contributed by atoms with van der Waals surface area (Å²) in [6, 6.07) is 0. The molecule has 0 aliphatic heterocycles. The van der Waals surface area contributed by atoms with E-state index in [0.717, 1.165) is 12.8 Å². The molecule has 0 saturated carbocycles. The van der Waals surface area contributed by atoms with Crippen LogP contribution in [0.15, 0.2) is 0 Å². The number of hydrogen-bond acceptors (Lipinski definition) is 1. The van der Waals surface area contributed by atoms with Crippen LogP contribution in [-0.4, -0.2) is 6.29 Å². The normalized spacial score (nSPS) is 12.4. The second-order valence-corrected chi connectivity index (χ2v) is 8.84. The molecule has 1 heteroatoms. The van der Waals surface area contributed by atoms with Crippen molar-refractivity contribution in [3.05, 3.63) is 0 Å². The third kappa shape index (κ3) is 21.8. The van der Waals surface area contributed by atoms with E-state index in [9.17, 15) is 4.79 Å². The van der Waals surface area contributed by atoms with Gasteiger partial charge in [0.1, 0.15) is 6.29 Å². The minimum Gasteiger partial charge on any atom is -0.303 e. The maximum atomic E-state index is 11.3. The summed E-state index contributed by atoms with van der Waals surface area (Å²) in [6.07, 6.45) is 31.2. The van der Waals surface area contributed by atoms with Crippen molar-refractivity contribution >= 4 is 6.29 Å². The lowest BCUT2D eigenvalue weighted by atomic mass is 9.95. The Balaban J connectivity index is 3.27. The van der Waals surface area contributed by atoms with Gasteiger partial charge in [0, 0.05) is 5.92 Å². The van der Waals surface area contributed by atoms with Crippen LogP contribution in [0.4, 0.5) is 0 Å². The summed E-state index contributed by atoms with van der Waals surface area (Å²) in [5.74, 6) is 0.341. The third-order valence-electron chi connectivity index (χ3n) is 6.05. The second kappa shape index (κ2) is 23.7. The average Bonchev–Trinajstić information content (AvgIpc) is 2.69. The molecule has 0 aromatic carbocycles. The zero-order valence-corrected chi connectivity index (χ0v) is 19.1. The first-order valence-electron chi connectivity index (χ1n) is 12.8. The van der Waals surface area contributed by atoms with E-state index in [1.165, 1.54) is 135 Å². The molecule has 0 amide bonds. The highest BCUT2D eigenvalue weighted by molar-refractivity contribution is 5.53. The minimum absolute atomic E-state index is 0.341. The summed E-state index contributed by atoms with van der Waals surface area (Å²) in [5.41, 5.74) is 0. The average molecular weight is 381 g/mol. The fraction of sp³-hybridized carbons (Fsp3) is 0.962. The molecule has 0 bridgehead atoms. The molecule has 1 unspecified atom stereocenters. The van der Waals surface area contributed by atoms with E-state index < -0.39 is 0 Å². The molecular formula is C26H52O. The van der Waals surface area contributed by atoms with E-state index in [4.69, 9.17) is 0 Å². The number of hydrogen-bond donors (Lipinski definition) is 0. The maximum absolute atomic E-state index is 11.3. The lowest BCUT2D eigenvalue weighted by molar-refractivity contribution is -0.111. The zero-order valence-electron chi connectivity index (χ0n) is 19.1. The molecule has 1 nitrogen and oxygen atoms in total. The SMILES string of the molecule is CCCCCCCCCCCCCCC(C=O)CCCCCCCCCC. The van der Waals surface area contributed by atoms with Crippen molar-refractivity contribution in [2.45, 2.75) is 155 Å². The van der Waals surface area contributed by atoms with Crippen LogP contribution < -0.4 is 0 Å². The van der Waals surface area contributed by atoms with Gasteiger partial charge in [0.2, 0.25) is 0 Å². The van der Waals surface area contributed by atoms with Crippen LogP contribution in [0.1, 0.15) is 155 Å². The molecule has 0 heterocycles. The van der Waals surface area contributed by atoms with Crippen LogP contribution >= 0.6 is 0 Å². The molecule has 0 aromatic rings. The van der Waals surface area contributed by atoms with Crippen molar-refractivity contribution in [2.75, 3.05) is 0 Å². The quantitative estimate of drug-likeness (QED) is 0.127. The predicted molar refractivity (Wildman–Crippen MR) is 122 cm³/mol. The Hall–Kier alpha value is -0.330. The molecule has 0 spiro atoms. The predicted octanol–water partition coefficient (Wildman–Crippen LogP) is 9.42. The highest BCUT2D eigenvalue weighted by Crippen LogP contribution is 2.18. The van der Waals surface area contributed by atoms with Crippen LogP contribution in [0.25, 0.3) is 0 Å². The number of carbonyl (C=O) groups excluding carboxylic acids is 1. The Morgan fingerprint density at radius 2 is 0.704 bits per heavy atom. The number of aldehydes is 1. The van der Waals surface area contributed by atoms with Crippen LogP contribution in [0.3, 0.4) is 0 Å².